The summed E-state index contributed by atoms with van der Waals surface area (Å²) in [5.74, 6) is -0.769. The molecule has 1 N–H and O–H groups in total. The Morgan fingerprint density at radius 2 is 2.10 bits per heavy atom. The molecule has 7 heteroatoms. The number of esters is 1. The molecule has 6 nitrogen and oxygen atoms in total. The molecule has 112 valence electrons. The Balaban J connectivity index is 2.72. The summed E-state index contributed by atoms with van der Waals surface area (Å²) in [5.41, 5.74) is 0.0877. The van der Waals surface area contributed by atoms with Gasteiger partial charge in [-0.25, -0.2) is 9.78 Å². The summed E-state index contributed by atoms with van der Waals surface area (Å²) in [5, 5.41) is 3.69. The van der Waals surface area contributed by atoms with E-state index in [1.54, 1.807) is 0 Å². The van der Waals surface area contributed by atoms with Crippen LogP contribution in [-0.2, 0) is 4.74 Å². The lowest BCUT2D eigenvalue weighted by Gasteiger charge is -2.20. The van der Waals surface area contributed by atoms with E-state index in [0.717, 1.165) is 6.54 Å². The number of carbonyl (C=O) groups excluding carboxylic acids is 2. The van der Waals surface area contributed by atoms with E-state index in [9.17, 15) is 9.59 Å². The van der Waals surface area contributed by atoms with Gasteiger partial charge in [0, 0.05) is 26.1 Å². The highest BCUT2D eigenvalue weighted by atomic mass is 32.1. The van der Waals surface area contributed by atoms with E-state index in [0.29, 0.717) is 22.6 Å². The zero-order valence-electron chi connectivity index (χ0n) is 12.5. The summed E-state index contributed by atoms with van der Waals surface area (Å²) < 4.78 is 4.63. The first-order valence-electron chi connectivity index (χ1n) is 6.41. The minimum Gasteiger partial charge on any atom is -0.464 e. The van der Waals surface area contributed by atoms with Gasteiger partial charge in [-0.1, -0.05) is 11.3 Å². The number of carbonyl (C=O) groups is 2. The molecular weight excluding hydrogens is 278 g/mol. The van der Waals surface area contributed by atoms with E-state index >= 15 is 0 Å². The van der Waals surface area contributed by atoms with Crippen LogP contribution in [0.5, 0.6) is 0 Å². The number of ether oxygens (including phenoxy) is 1. The molecule has 1 aromatic rings. The third kappa shape index (κ3) is 4.28. The summed E-state index contributed by atoms with van der Waals surface area (Å²) in [6.45, 7) is 7.19. The number of Topliss-reactive ketones (excluding diaryl/α,β-unsaturated/α-hetero) is 1. The third-order valence-electron chi connectivity index (χ3n) is 2.95. The van der Waals surface area contributed by atoms with Crippen LogP contribution in [0.3, 0.4) is 0 Å². The van der Waals surface area contributed by atoms with Gasteiger partial charge >= 0.3 is 5.97 Å². The molecule has 0 aromatic carbocycles. The zero-order chi connectivity index (χ0) is 15.3. The van der Waals surface area contributed by atoms with Crippen LogP contribution in [0, 0.1) is 0 Å². The summed E-state index contributed by atoms with van der Waals surface area (Å²) >= 11 is 1.18. The molecule has 0 spiro atoms. The van der Waals surface area contributed by atoms with Crippen molar-refractivity contribution in [3.05, 3.63) is 10.6 Å². The van der Waals surface area contributed by atoms with Crippen molar-refractivity contribution < 1.29 is 14.3 Å². The number of anilines is 1. The lowest BCUT2D eigenvalue weighted by molar-refractivity contribution is 0.0591. The number of thiazole rings is 1. The maximum absolute atomic E-state index is 11.6. The lowest BCUT2D eigenvalue weighted by atomic mass is 10.3. The van der Waals surface area contributed by atoms with Gasteiger partial charge in [0.15, 0.2) is 16.6 Å². The van der Waals surface area contributed by atoms with Crippen molar-refractivity contribution in [1.29, 1.82) is 0 Å². The fourth-order valence-corrected chi connectivity index (χ4v) is 2.34. The maximum Gasteiger partial charge on any atom is 0.358 e. The van der Waals surface area contributed by atoms with Gasteiger partial charge in [-0.05, 0) is 20.9 Å². The lowest BCUT2D eigenvalue weighted by Crippen LogP contribution is -2.31. The van der Waals surface area contributed by atoms with Crippen LogP contribution in [0.15, 0.2) is 0 Å². The number of hydrogen-bond donors (Lipinski definition) is 1. The minimum absolute atomic E-state index is 0.0877. The fourth-order valence-electron chi connectivity index (χ4n) is 1.47. The smallest absolute Gasteiger partial charge is 0.358 e. The highest BCUT2D eigenvalue weighted by Crippen LogP contribution is 2.24. The number of methoxy groups -OCH3 is 1. The Bertz CT molecular complexity index is 485. The Hall–Kier alpha value is -1.47. The zero-order valence-corrected chi connectivity index (χ0v) is 13.3. The minimum atomic E-state index is -0.584. The van der Waals surface area contributed by atoms with E-state index in [4.69, 9.17) is 0 Å². The second kappa shape index (κ2) is 7.35. The molecule has 1 rings (SSSR count). The molecule has 20 heavy (non-hydrogen) atoms. The van der Waals surface area contributed by atoms with Crippen molar-refractivity contribution in [3.8, 4) is 0 Å². The van der Waals surface area contributed by atoms with Crippen LogP contribution in [0.4, 0.5) is 5.13 Å². The Morgan fingerprint density at radius 3 is 2.60 bits per heavy atom. The van der Waals surface area contributed by atoms with Crippen molar-refractivity contribution in [1.82, 2.24) is 9.88 Å². The second-order valence-corrected chi connectivity index (χ2v) is 5.74. The summed E-state index contributed by atoms with van der Waals surface area (Å²) in [6.07, 6.45) is 0. The molecule has 1 heterocycles. The standard InChI is InChI=1S/C13H21N3O3S/c1-8(2)16(4)7-6-14-13-15-10(12(18)19-5)11(20-13)9(3)17/h8H,6-7H2,1-5H3,(H,14,15). The van der Waals surface area contributed by atoms with Crippen molar-refractivity contribution in [3.63, 3.8) is 0 Å². The first-order chi connectivity index (χ1) is 9.36. The molecule has 0 radical (unpaired) electrons. The van der Waals surface area contributed by atoms with Gasteiger partial charge in [0.2, 0.25) is 0 Å². The molecule has 0 unspecified atom stereocenters. The molecule has 0 amide bonds. The van der Waals surface area contributed by atoms with Gasteiger partial charge in [0.25, 0.3) is 0 Å². The summed E-state index contributed by atoms with van der Waals surface area (Å²) in [4.78, 5) is 29.7. The van der Waals surface area contributed by atoms with Crippen LogP contribution in [0.1, 0.15) is 40.9 Å². The molecule has 0 atom stereocenters. The second-order valence-electron chi connectivity index (χ2n) is 4.75. The van der Waals surface area contributed by atoms with E-state index in [-0.39, 0.29) is 11.5 Å². The van der Waals surface area contributed by atoms with Gasteiger partial charge in [-0.3, -0.25) is 4.79 Å². The van der Waals surface area contributed by atoms with Crippen LogP contribution >= 0.6 is 11.3 Å². The van der Waals surface area contributed by atoms with Crippen molar-refractivity contribution in [2.24, 2.45) is 0 Å². The number of nitrogens with one attached hydrogen (secondary N) is 1. The van der Waals surface area contributed by atoms with Gasteiger partial charge in [-0.2, -0.15) is 0 Å². The molecule has 0 saturated carbocycles. The molecule has 0 aliphatic carbocycles. The van der Waals surface area contributed by atoms with Crippen molar-refractivity contribution in [2.75, 3.05) is 32.6 Å². The largest absolute Gasteiger partial charge is 0.464 e. The fraction of sp³-hybridized carbons (Fsp3) is 0.615. The predicted molar refractivity (Wildman–Crippen MR) is 79.7 cm³/mol. The average molecular weight is 299 g/mol. The number of ketones is 1. The number of hydrogen-bond acceptors (Lipinski definition) is 7. The number of rotatable bonds is 7. The molecule has 0 aliphatic rings. The van der Waals surface area contributed by atoms with E-state index < -0.39 is 5.97 Å². The van der Waals surface area contributed by atoms with Crippen molar-refractivity contribution in [2.45, 2.75) is 26.8 Å². The quantitative estimate of drug-likeness (QED) is 0.612. The Kier molecular flexibility index (Phi) is 6.09. The summed E-state index contributed by atoms with van der Waals surface area (Å²) in [6, 6.07) is 0.464. The predicted octanol–water partition coefficient (Wildman–Crippen LogP) is 1.88. The Morgan fingerprint density at radius 1 is 1.45 bits per heavy atom. The highest BCUT2D eigenvalue weighted by Gasteiger charge is 2.21. The molecule has 0 aliphatic heterocycles. The monoisotopic (exact) mass is 299 g/mol. The Labute approximate surface area is 123 Å². The summed E-state index contributed by atoms with van der Waals surface area (Å²) in [7, 11) is 3.31. The van der Waals surface area contributed by atoms with Crippen LogP contribution in [-0.4, -0.2) is 54.9 Å². The average Bonchev–Trinajstić information content (AvgIpc) is 2.81. The van der Waals surface area contributed by atoms with Crippen LogP contribution < -0.4 is 5.32 Å². The molecular formula is C13H21N3O3S. The molecule has 1 aromatic heterocycles. The topological polar surface area (TPSA) is 71.5 Å². The van der Waals surface area contributed by atoms with Gasteiger partial charge in [-0.15, -0.1) is 0 Å². The number of likely N-dealkylation sites (N-methyl/N-ethyl adjacent to an activating group) is 1. The normalized spacial score (nSPS) is 10.9. The van der Waals surface area contributed by atoms with E-state index in [1.165, 1.54) is 25.4 Å². The molecule has 0 saturated heterocycles. The first kappa shape index (κ1) is 16.6. The van der Waals surface area contributed by atoms with Crippen LogP contribution in [0.2, 0.25) is 0 Å². The third-order valence-corrected chi connectivity index (χ3v) is 4.06. The van der Waals surface area contributed by atoms with Gasteiger partial charge in [0.05, 0.1) is 7.11 Å². The number of nitrogens with zero attached hydrogens (tertiary/aromatic N) is 2. The molecule has 0 fully saturated rings. The van der Waals surface area contributed by atoms with Crippen LogP contribution in [0.25, 0.3) is 0 Å². The first-order valence-corrected chi connectivity index (χ1v) is 7.22. The SMILES string of the molecule is COC(=O)c1nc(NCCN(C)C(C)C)sc1C(C)=O. The number of aromatic nitrogens is 1. The highest BCUT2D eigenvalue weighted by molar-refractivity contribution is 7.17. The van der Waals surface area contributed by atoms with Gasteiger partial charge in [0.1, 0.15) is 4.88 Å². The van der Waals surface area contributed by atoms with Crippen molar-refractivity contribution >= 4 is 28.2 Å². The van der Waals surface area contributed by atoms with Gasteiger partial charge < -0.3 is 15.0 Å². The van der Waals surface area contributed by atoms with E-state index in [1.807, 2.05) is 7.05 Å². The molecule has 0 bridgehead atoms. The maximum atomic E-state index is 11.6. The van der Waals surface area contributed by atoms with E-state index in [2.05, 4.69) is 33.8 Å².